The highest BCUT2D eigenvalue weighted by Crippen LogP contribution is 2.11. The zero-order valence-corrected chi connectivity index (χ0v) is 12.0. The molecule has 2 rings (SSSR count). The molecule has 0 bridgehead atoms. The van der Waals surface area contributed by atoms with Gasteiger partial charge in [0.05, 0.1) is 5.69 Å². The lowest BCUT2D eigenvalue weighted by atomic mass is 10.2. The van der Waals surface area contributed by atoms with Crippen LogP contribution in [0.25, 0.3) is 0 Å². The summed E-state index contributed by atoms with van der Waals surface area (Å²) >= 11 is 0. The Morgan fingerprint density at radius 2 is 1.90 bits per heavy atom. The van der Waals surface area contributed by atoms with E-state index >= 15 is 0 Å². The van der Waals surface area contributed by atoms with Crippen LogP contribution in [-0.4, -0.2) is 23.1 Å². The second kappa shape index (κ2) is 6.21. The normalized spacial score (nSPS) is 11.8. The molecule has 1 atom stereocenters. The average molecular weight is 288 g/mol. The van der Waals surface area contributed by atoms with Crippen LogP contribution in [0.5, 0.6) is 0 Å². The van der Waals surface area contributed by atoms with E-state index in [0.29, 0.717) is 11.4 Å². The summed E-state index contributed by atoms with van der Waals surface area (Å²) in [4.78, 5) is 23.7. The minimum absolute atomic E-state index is 0.0255. The highest BCUT2D eigenvalue weighted by molar-refractivity contribution is 5.96. The molecular weight excluding hydrogens is 272 g/mol. The first-order chi connectivity index (χ1) is 9.95. The van der Waals surface area contributed by atoms with Gasteiger partial charge in [0.15, 0.2) is 6.10 Å². The van der Waals surface area contributed by atoms with Crippen molar-refractivity contribution in [3.8, 4) is 0 Å². The van der Waals surface area contributed by atoms with Crippen LogP contribution in [0, 0.1) is 13.8 Å². The topological polar surface area (TPSA) is 81.4 Å². The van der Waals surface area contributed by atoms with Crippen molar-refractivity contribution < 1.29 is 18.8 Å². The van der Waals surface area contributed by atoms with Gasteiger partial charge in [0.1, 0.15) is 0 Å². The van der Waals surface area contributed by atoms with E-state index in [1.165, 1.54) is 13.0 Å². The van der Waals surface area contributed by atoms with Crippen LogP contribution < -0.4 is 5.32 Å². The number of hydrogen-bond donors (Lipinski definition) is 1. The molecule has 0 saturated heterocycles. The Hall–Kier alpha value is -2.63. The standard InChI is InChI=1S/C15H16N2O4/c1-9-4-6-12(7-5-9)16-14(18)11(3)20-15(19)13-8-10(2)17-21-13/h4-8,11H,1-3H3,(H,16,18). The molecule has 1 aromatic carbocycles. The van der Waals surface area contributed by atoms with E-state index < -0.39 is 18.0 Å². The van der Waals surface area contributed by atoms with Gasteiger partial charge in [0, 0.05) is 11.8 Å². The van der Waals surface area contributed by atoms with Crippen LogP contribution in [0.1, 0.15) is 28.7 Å². The summed E-state index contributed by atoms with van der Waals surface area (Å²) in [6, 6.07) is 8.77. The predicted molar refractivity (Wildman–Crippen MR) is 75.9 cm³/mol. The quantitative estimate of drug-likeness (QED) is 0.874. The van der Waals surface area contributed by atoms with Crippen molar-refractivity contribution in [2.24, 2.45) is 0 Å². The Balaban J connectivity index is 1.93. The number of anilines is 1. The Bertz CT molecular complexity index is 646. The van der Waals surface area contributed by atoms with Crippen molar-refractivity contribution in [1.82, 2.24) is 5.16 Å². The summed E-state index contributed by atoms with van der Waals surface area (Å²) in [5, 5.41) is 6.26. The van der Waals surface area contributed by atoms with Crippen LogP contribution in [0.3, 0.4) is 0 Å². The third-order valence-corrected chi connectivity index (χ3v) is 2.80. The third kappa shape index (κ3) is 3.92. The molecule has 2 aromatic rings. The van der Waals surface area contributed by atoms with Crippen LogP contribution in [0.2, 0.25) is 0 Å². The summed E-state index contributed by atoms with van der Waals surface area (Å²) < 4.78 is 9.80. The number of esters is 1. The molecule has 0 aliphatic heterocycles. The van der Waals surface area contributed by atoms with E-state index in [4.69, 9.17) is 9.26 Å². The Morgan fingerprint density at radius 1 is 1.24 bits per heavy atom. The number of nitrogens with zero attached hydrogens (tertiary/aromatic N) is 1. The first-order valence-electron chi connectivity index (χ1n) is 6.47. The first-order valence-corrected chi connectivity index (χ1v) is 6.47. The molecule has 1 unspecified atom stereocenters. The summed E-state index contributed by atoms with van der Waals surface area (Å²) in [7, 11) is 0. The maximum Gasteiger partial charge on any atom is 0.377 e. The van der Waals surface area contributed by atoms with Crippen LogP contribution in [0.4, 0.5) is 5.69 Å². The maximum absolute atomic E-state index is 11.9. The molecule has 0 radical (unpaired) electrons. The molecule has 0 spiro atoms. The molecule has 1 aromatic heterocycles. The molecule has 1 N–H and O–H groups in total. The van der Waals surface area contributed by atoms with Crippen molar-refractivity contribution in [2.75, 3.05) is 5.32 Å². The zero-order valence-electron chi connectivity index (χ0n) is 12.0. The number of benzene rings is 1. The SMILES string of the molecule is Cc1ccc(NC(=O)C(C)OC(=O)c2cc(C)no2)cc1. The van der Waals surface area contributed by atoms with Gasteiger partial charge in [-0.15, -0.1) is 0 Å². The lowest BCUT2D eigenvalue weighted by molar-refractivity contribution is -0.123. The van der Waals surface area contributed by atoms with Crippen molar-refractivity contribution in [2.45, 2.75) is 26.9 Å². The minimum atomic E-state index is -0.941. The van der Waals surface area contributed by atoms with Crippen LogP contribution in [-0.2, 0) is 9.53 Å². The molecule has 1 amide bonds. The number of carbonyl (C=O) groups is 2. The molecule has 6 heteroatoms. The average Bonchev–Trinajstić information content (AvgIpc) is 2.88. The highest BCUT2D eigenvalue weighted by Gasteiger charge is 2.21. The maximum atomic E-state index is 11.9. The van der Waals surface area contributed by atoms with Gasteiger partial charge in [0.25, 0.3) is 5.91 Å². The van der Waals surface area contributed by atoms with Crippen molar-refractivity contribution >= 4 is 17.6 Å². The zero-order chi connectivity index (χ0) is 15.4. The summed E-state index contributed by atoms with van der Waals surface area (Å²) in [6.07, 6.45) is -0.941. The van der Waals surface area contributed by atoms with Crippen LogP contribution in [0.15, 0.2) is 34.9 Å². The van der Waals surface area contributed by atoms with Crippen molar-refractivity contribution in [3.05, 3.63) is 47.3 Å². The van der Waals surface area contributed by atoms with Gasteiger partial charge >= 0.3 is 5.97 Å². The van der Waals surface area contributed by atoms with Gasteiger partial charge in [0.2, 0.25) is 5.76 Å². The highest BCUT2D eigenvalue weighted by atomic mass is 16.6. The number of aryl methyl sites for hydroxylation is 2. The van der Waals surface area contributed by atoms with Gasteiger partial charge in [-0.2, -0.15) is 0 Å². The van der Waals surface area contributed by atoms with E-state index in [9.17, 15) is 9.59 Å². The number of hydrogen-bond acceptors (Lipinski definition) is 5. The fraction of sp³-hybridized carbons (Fsp3) is 0.267. The van der Waals surface area contributed by atoms with Gasteiger partial charge in [-0.05, 0) is 32.9 Å². The predicted octanol–water partition coefficient (Wildman–Crippen LogP) is 2.48. The molecule has 110 valence electrons. The number of amides is 1. The largest absolute Gasteiger partial charge is 0.447 e. The van der Waals surface area contributed by atoms with Gasteiger partial charge in [-0.3, -0.25) is 4.79 Å². The molecule has 21 heavy (non-hydrogen) atoms. The molecular formula is C15H16N2O4. The minimum Gasteiger partial charge on any atom is -0.447 e. The second-order valence-corrected chi connectivity index (χ2v) is 4.74. The Labute approximate surface area is 122 Å². The summed E-state index contributed by atoms with van der Waals surface area (Å²) in [6.45, 7) is 5.13. The Kier molecular flexibility index (Phi) is 4.37. The van der Waals surface area contributed by atoms with Crippen molar-refractivity contribution in [1.29, 1.82) is 0 Å². The molecule has 1 heterocycles. The number of aromatic nitrogens is 1. The van der Waals surface area contributed by atoms with E-state index in [1.807, 2.05) is 19.1 Å². The smallest absolute Gasteiger partial charge is 0.377 e. The lowest BCUT2D eigenvalue weighted by Crippen LogP contribution is -2.29. The number of carbonyl (C=O) groups excluding carboxylic acids is 2. The fourth-order valence-corrected chi connectivity index (χ4v) is 1.61. The summed E-state index contributed by atoms with van der Waals surface area (Å²) in [5.41, 5.74) is 2.30. The van der Waals surface area contributed by atoms with Gasteiger partial charge in [-0.25, -0.2) is 4.79 Å². The molecule has 0 aliphatic carbocycles. The van der Waals surface area contributed by atoms with E-state index in [1.54, 1.807) is 19.1 Å². The second-order valence-electron chi connectivity index (χ2n) is 4.74. The number of nitrogens with one attached hydrogen (secondary N) is 1. The first kappa shape index (κ1) is 14.8. The molecule has 0 aliphatic rings. The monoisotopic (exact) mass is 288 g/mol. The van der Waals surface area contributed by atoms with Gasteiger partial charge in [-0.1, -0.05) is 22.9 Å². The lowest BCUT2D eigenvalue weighted by Gasteiger charge is -2.12. The van der Waals surface area contributed by atoms with Crippen LogP contribution >= 0.6 is 0 Å². The van der Waals surface area contributed by atoms with E-state index in [-0.39, 0.29) is 5.76 Å². The third-order valence-electron chi connectivity index (χ3n) is 2.80. The van der Waals surface area contributed by atoms with Gasteiger partial charge < -0.3 is 14.6 Å². The molecule has 6 nitrogen and oxygen atoms in total. The van der Waals surface area contributed by atoms with E-state index in [0.717, 1.165) is 5.56 Å². The molecule has 0 saturated carbocycles. The number of rotatable bonds is 4. The van der Waals surface area contributed by atoms with Crippen molar-refractivity contribution in [3.63, 3.8) is 0 Å². The fourth-order valence-electron chi connectivity index (χ4n) is 1.61. The van der Waals surface area contributed by atoms with E-state index in [2.05, 4.69) is 10.5 Å². The summed E-state index contributed by atoms with van der Waals surface area (Å²) in [5.74, 6) is -1.16. The Morgan fingerprint density at radius 3 is 2.48 bits per heavy atom. The molecule has 0 fully saturated rings. The number of ether oxygens (including phenoxy) is 1.